The predicted octanol–water partition coefficient (Wildman–Crippen LogP) is 3.52. The number of halogens is 1. The van der Waals surface area contributed by atoms with Crippen molar-refractivity contribution in [1.29, 1.82) is 0 Å². The van der Waals surface area contributed by atoms with Crippen LogP contribution in [0.5, 0.6) is 0 Å². The number of ether oxygens (including phenoxy) is 1. The fourth-order valence-corrected chi connectivity index (χ4v) is 3.12. The molecule has 138 valence electrons. The summed E-state index contributed by atoms with van der Waals surface area (Å²) in [7, 11) is 0. The first-order valence-corrected chi connectivity index (χ1v) is 9.17. The van der Waals surface area contributed by atoms with Gasteiger partial charge in [0.15, 0.2) is 0 Å². The van der Waals surface area contributed by atoms with Crippen molar-refractivity contribution in [2.24, 2.45) is 0 Å². The highest BCUT2D eigenvalue weighted by Gasteiger charge is 2.31. The summed E-state index contributed by atoms with van der Waals surface area (Å²) in [6.45, 7) is 7.64. The van der Waals surface area contributed by atoms with Crippen LogP contribution in [0.25, 0.3) is 0 Å². The van der Waals surface area contributed by atoms with Gasteiger partial charge >= 0.3 is 12.1 Å². The van der Waals surface area contributed by atoms with Crippen LogP contribution in [0.2, 0.25) is 0 Å². The number of rotatable bonds is 3. The molecule has 0 bridgehead atoms. The first-order chi connectivity index (χ1) is 11.7. The van der Waals surface area contributed by atoms with Gasteiger partial charge in [-0.15, -0.1) is 0 Å². The summed E-state index contributed by atoms with van der Waals surface area (Å²) in [6, 6.07) is 6.61. The van der Waals surface area contributed by atoms with Crippen molar-refractivity contribution in [3.63, 3.8) is 0 Å². The lowest BCUT2D eigenvalue weighted by molar-refractivity contribution is -0.143. The maximum absolute atomic E-state index is 12.2. The van der Waals surface area contributed by atoms with Crippen LogP contribution in [0, 0.1) is 0 Å². The third kappa shape index (κ3) is 5.71. The molecule has 1 aliphatic heterocycles. The zero-order valence-corrected chi connectivity index (χ0v) is 16.5. The molecule has 1 aliphatic rings. The molecule has 2 rings (SSSR count). The van der Waals surface area contributed by atoms with Gasteiger partial charge in [-0.1, -0.05) is 28.1 Å². The number of aliphatic carboxylic acids is 1. The van der Waals surface area contributed by atoms with E-state index in [1.807, 2.05) is 49.9 Å². The zero-order valence-electron chi connectivity index (χ0n) is 14.9. The van der Waals surface area contributed by atoms with Gasteiger partial charge in [-0.3, -0.25) is 9.69 Å². The molecule has 25 heavy (non-hydrogen) atoms. The summed E-state index contributed by atoms with van der Waals surface area (Å²) in [4.78, 5) is 27.7. The third-order valence-electron chi connectivity index (χ3n) is 3.97. The van der Waals surface area contributed by atoms with Gasteiger partial charge in [-0.25, -0.2) is 4.79 Å². The van der Waals surface area contributed by atoms with Crippen molar-refractivity contribution in [2.45, 2.75) is 38.8 Å². The van der Waals surface area contributed by atoms with Crippen molar-refractivity contribution in [2.75, 3.05) is 26.2 Å². The first-order valence-electron chi connectivity index (χ1n) is 8.37. The number of benzene rings is 1. The van der Waals surface area contributed by atoms with Crippen LogP contribution in [-0.4, -0.2) is 58.7 Å². The Morgan fingerprint density at radius 3 is 2.32 bits per heavy atom. The number of carboxylic acid groups (broad SMARTS) is 1. The van der Waals surface area contributed by atoms with Gasteiger partial charge in [0.05, 0.1) is 0 Å². The topological polar surface area (TPSA) is 70.1 Å². The molecular formula is C18H25BrN2O4. The Balaban J connectivity index is 2.08. The average molecular weight is 413 g/mol. The lowest BCUT2D eigenvalue weighted by Crippen LogP contribution is -2.40. The highest BCUT2D eigenvalue weighted by Crippen LogP contribution is 2.24. The molecule has 0 aromatic heterocycles. The quantitative estimate of drug-likeness (QED) is 0.821. The maximum atomic E-state index is 12.2. The summed E-state index contributed by atoms with van der Waals surface area (Å²) < 4.78 is 6.33. The van der Waals surface area contributed by atoms with Gasteiger partial charge in [-0.05, 0) is 44.9 Å². The number of carbonyl (C=O) groups is 2. The van der Waals surface area contributed by atoms with Crippen LogP contribution in [0.1, 0.15) is 38.8 Å². The van der Waals surface area contributed by atoms with Gasteiger partial charge in [0.1, 0.15) is 11.6 Å². The van der Waals surface area contributed by atoms with E-state index >= 15 is 0 Å². The second kappa shape index (κ2) is 8.19. The van der Waals surface area contributed by atoms with E-state index in [0.29, 0.717) is 32.6 Å². The van der Waals surface area contributed by atoms with E-state index in [4.69, 9.17) is 4.74 Å². The van der Waals surface area contributed by atoms with E-state index in [-0.39, 0.29) is 6.09 Å². The SMILES string of the molecule is CC(C)(C)OC(=O)N1CCCN([C@@H](C(=O)O)c2ccc(Br)cc2)CC1. The van der Waals surface area contributed by atoms with E-state index in [1.165, 1.54) is 0 Å². The van der Waals surface area contributed by atoms with Gasteiger partial charge in [-0.2, -0.15) is 0 Å². The Morgan fingerprint density at radius 1 is 1.12 bits per heavy atom. The Bertz CT molecular complexity index is 612. The second-order valence-electron chi connectivity index (χ2n) is 7.15. The molecule has 1 saturated heterocycles. The number of carbonyl (C=O) groups excluding carboxylic acids is 1. The monoisotopic (exact) mass is 412 g/mol. The molecule has 1 heterocycles. The van der Waals surface area contributed by atoms with Crippen LogP contribution < -0.4 is 0 Å². The summed E-state index contributed by atoms with van der Waals surface area (Å²) in [5.74, 6) is -0.881. The highest BCUT2D eigenvalue weighted by atomic mass is 79.9. The molecule has 0 spiro atoms. The van der Waals surface area contributed by atoms with Gasteiger partial charge in [0, 0.05) is 30.7 Å². The van der Waals surface area contributed by atoms with E-state index in [9.17, 15) is 14.7 Å². The molecule has 1 fully saturated rings. The fraction of sp³-hybridized carbons (Fsp3) is 0.556. The number of hydrogen-bond donors (Lipinski definition) is 1. The highest BCUT2D eigenvalue weighted by molar-refractivity contribution is 9.10. The molecular weight excluding hydrogens is 388 g/mol. The molecule has 0 saturated carbocycles. The summed E-state index contributed by atoms with van der Waals surface area (Å²) >= 11 is 3.37. The second-order valence-corrected chi connectivity index (χ2v) is 8.06. The summed E-state index contributed by atoms with van der Waals surface area (Å²) in [6.07, 6.45) is 0.365. The van der Waals surface area contributed by atoms with Crippen molar-refractivity contribution in [1.82, 2.24) is 9.80 Å². The smallest absolute Gasteiger partial charge is 0.410 e. The zero-order chi connectivity index (χ0) is 18.6. The van der Waals surface area contributed by atoms with E-state index in [1.54, 1.807) is 4.90 Å². The van der Waals surface area contributed by atoms with Gasteiger partial charge in [0.2, 0.25) is 0 Å². The number of amides is 1. The van der Waals surface area contributed by atoms with Gasteiger partial charge < -0.3 is 14.7 Å². The van der Waals surface area contributed by atoms with Crippen LogP contribution in [0.4, 0.5) is 4.79 Å². The first kappa shape index (κ1) is 19.7. The van der Waals surface area contributed by atoms with E-state index < -0.39 is 17.6 Å². The van der Waals surface area contributed by atoms with Crippen LogP contribution in [-0.2, 0) is 9.53 Å². The van der Waals surface area contributed by atoms with Crippen molar-refractivity contribution in [3.8, 4) is 0 Å². The normalized spacial score (nSPS) is 17.7. The van der Waals surface area contributed by atoms with Crippen LogP contribution >= 0.6 is 15.9 Å². The Morgan fingerprint density at radius 2 is 1.76 bits per heavy atom. The molecule has 1 atom stereocenters. The third-order valence-corrected chi connectivity index (χ3v) is 4.50. The molecule has 1 aromatic carbocycles. The fourth-order valence-electron chi connectivity index (χ4n) is 2.86. The lowest BCUT2D eigenvalue weighted by atomic mass is 10.1. The minimum absolute atomic E-state index is 0.343. The molecule has 6 nitrogen and oxygen atoms in total. The van der Waals surface area contributed by atoms with Crippen LogP contribution in [0.3, 0.4) is 0 Å². The summed E-state index contributed by atoms with van der Waals surface area (Å²) in [5, 5.41) is 9.71. The van der Waals surface area contributed by atoms with E-state index in [0.717, 1.165) is 10.0 Å². The number of nitrogens with zero attached hydrogens (tertiary/aromatic N) is 2. The lowest BCUT2D eigenvalue weighted by Gasteiger charge is -2.28. The molecule has 1 amide bonds. The van der Waals surface area contributed by atoms with Crippen molar-refractivity contribution >= 4 is 28.0 Å². The molecule has 0 radical (unpaired) electrons. The number of carboxylic acids is 1. The largest absolute Gasteiger partial charge is 0.480 e. The van der Waals surface area contributed by atoms with E-state index in [2.05, 4.69) is 15.9 Å². The molecule has 7 heteroatoms. The molecule has 1 N–H and O–H groups in total. The molecule has 1 aromatic rings. The summed E-state index contributed by atoms with van der Waals surface area (Å²) in [5.41, 5.74) is 0.200. The Labute approximate surface area is 156 Å². The van der Waals surface area contributed by atoms with Crippen LogP contribution in [0.15, 0.2) is 28.7 Å². The minimum Gasteiger partial charge on any atom is -0.480 e. The number of hydrogen-bond acceptors (Lipinski definition) is 4. The predicted molar refractivity (Wildman–Crippen MR) is 98.5 cm³/mol. The molecule has 0 aliphatic carbocycles. The molecule has 0 unspecified atom stereocenters. The van der Waals surface area contributed by atoms with Gasteiger partial charge in [0.25, 0.3) is 0 Å². The Hall–Kier alpha value is -1.60. The minimum atomic E-state index is -0.881. The van der Waals surface area contributed by atoms with Crippen molar-refractivity contribution < 1.29 is 19.4 Å². The standard InChI is InChI=1S/C18H25BrN2O4/c1-18(2,3)25-17(24)21-10-4-9-20(11-12-21)15(16(22)23)13-5-7-14(19)8-6-13/h5-8,15H,4,9-12H2,1-3H3,(H,22,23)/t15-/m1/s1. The Kier molecular flexibility index (Phi) is 6.46. The van der Waals surface area contributed by atoms with Crippen molar-refractivity contribution in [3.05, 3.63) is 34.3 Å². The maximum Gasteiger partial charge on any atom is 0.410 e. The average Bonchev–Trinajstić information content (AvgIpc) is 2.73.